The van der Waals surface area contributed by atoms with Gasteiger partial charge in [0.1, 0.15) is 0 Å². The summed E-state index contributed by atoms with van der Waals surface area (Å²) in [7, 11) is 0. The molecule has 5 heteroatoms. The van der Waals surface area contributed by atoms with Gasteiger partial charge in [-0.25, -0.2) is 0 Å². The molecule has 0 N–H and O–H groups in total. The molecular formula is C21H34N4O. The number of rotatable bonds is 6. The van der Waals surface area contributed by atoms with Crippen molar-refractivity contribution in [1.82, 2.24) is 14.7 Å². The van der Waals surface area contributed by atoms with Crippen molar-refractivity contribution in [3.05, 3.63) is 29.8 Å². The molecule has 2 heterocycles. The first-order valence-corrected chi connectivity index (χ1v) is 10.2. The van der Waals surface area contributed by atoms with Crippen LogP contribution in [0, 0.1) is 6.92 Å². The van der Waals surface area contributed by atoms with E-state index in [2.05, 4.69) is 57.7 Å². The average molecular weight is 359 g/mol. The van der Waals surface area contributed by atoms with E-state index in [1.807, 2.05) is 0 Å². The van der Waals surface area contributed by atoms with Crippen LogP contribution in [0.25, 0.3) is 0 Å². The van der Waals surface area contributed by atoms with Crippen molar-refractivity contribution in [2.75, 3.05) is 70.3 Å². The molecule has 2 saturated heterocycles. The molecule has 26 heavy (non-hydrogen) atoms. The second kappa shape index (κ2) is 9.38. The Morgan fingerprint density at radius 3 is 2.12 bits per heavy atom. The lowest BCUT2D eigenvalue weighted by atomic mass is 10.2. The van der Waals surface area contributed by atoms with Crippen LogP contribution in [0.4, 0.5) is 5.69 Å². The number of unbranched alkanes of at least 4 members (excludes halogenated alkanes) is 1. The summed E-state index contributed by atoms with van der Waals surface area (Å²) in [5.74, 6) is 0.309. The van der Waals surface area contributed by atoms with Crippen LogP contribution in [-0.4, -0.2) is 86.1 Å². The van der Waals surface area contributed by atoms with Gasteiger partial charge >= 0.3 is 0 Å². The molecule has 3 rings (SSSR count). The predicted molar refractivity (Wildman–Crippen MR) is 108 cm³/mol. The third-order valence-corrected chi connectivity index (χ3v) is 5.68. The standard InChI is InChI=1S/C21H34N4O/c1-3-4-9-22-10-16-25(17-11-22)21(26)18-23-12-14-24(15-13-23)20-7-5-19(2)6-8-20/h5-8H,3-4,9-18H2,1-2H3. The van der Waals surface area contributed by atoms with E-state index in [-0.39, 0.29) is 0 Å². The van der Waals surface area contributed by atoms with Crippen molar-refractivity contribution < 1.29 is 4.79 Å². The van der Waals surface area contributed by atoms with Gasteiger partial charge in [0.25, 0.3) is 0 Å². The van der Waals surface area contributed by atoms with E-state index in [0.717, 1.165) is 52.4 Å². The van der Waals surface area contributed by atoms with Gasteiger partial charge in [-0.05, 0) is 32.0 Å². The fourth-order valence-electron chi connectivity index (χ4n) is 3.81. The van der Waals surface area contributed by atoms with Crippen LogP contribution in [0.3, 0.4) is 0 Å². The molecule has 144 valence electrons. The van der Waals surface area contributed by atoms with Crippen molar-refractivity contribution in [1.29, 1.82) is 0 Å². The largest absolute Gasteiger partial charge is 0.369 e. The first-order chi connectivity index (χ1) is 12.7. The number of benzene rings is 1. The zero-order valence-corrected chi connectivity index (χ0v) is 16.5. The van der Waals surface area contributed by atoms with Gasteiger partial charge < -0.3 is 9.80 Å². The van der Waals surface area contributed by atoms with E-state index in [1.165, 1.54) is 30.6 Å². The molecule has 1 aromatic carbocycles. The number of anilines is 1. The lowest BCUT2D eigenvalue weighted by molar-refractivity contribution is -0.134. The smallest absolute Gasteiger partial charge is 0.236 e. The van der Waals surface area contributed by atoms with Gasteiger partial charge in [0, 0.05) is 58.0 Å². The second-order valence-electron chi connectivity index (χ2n) is 7.67. The number of hydrogen-bond donors (Lipinski definition) is 0. The number of carbonyl (C=O) groups is 1. The highest BCUT2D eigenvalue weighted by atomic mass is 16.2. The Bertz CT molecular complexity index is 558. The van der Waals surface area contributed by atoms with Crippen LogP contribution in [0.15, 0.2) is 24.3 Å². The molecule has 0 aliphatic carbocycles. The van der Waals surface area contributed by atoms with Crippen LogP contribution in [0.1, 0.15) is 25.3 Å². The number of aryl methyl sites for hydroxylation is 1. The summed E-state index contributed by atoms with van der Waals surface area (Å²) in [5.41, 5.74) is 2.59. The lowest BCUT2D eigenvalue weighted by Gasteiger charge is -2.38. The minimum absolute atomic E-state index is 0.309. The van der Waals surface area contributed by atoms with Gasteiger partial charge in [0.15, 0.2) is 0 Å². The van der Waals surface area contributed by atoms with Gasteiger partial charge in [-0.3, -0.25) is 14.6 Å². The van der Waals surface area contributed by atoms with Crippen LogP contribution >= 0.6 is 0 Å². The van der Waals surface area contributed by atoms with E-state index in [4.69, 9.17) is 0 Å². The third-order valence-electron chi connectivity index (χ3n) is 5.68. The highest BCUT2D eigenvalue weighted by Crippen LogP contribution is 2.17. The van der Waals surface area contributed by atoms with Crippen LogP contribution in [-0.2, 0) is 4.79 Å². The molecule has 5 nitrogen and oxygen atoms in total. The summed E-state index contributed by atoms with van der Waals surface area (Å²) in [5, 5.41) is 0. The molecule has 0 bridgehead atoms. The van der Waals surface area contributed by atoms with E-state index in [1.54, 1.807) is 0 Å². The number of carbonyl (C=O) groups excluding carboxylic acids is 1. The summed E-state index contributed by atoms with van der Waals surface area (Å²) >= 11 is 0. The van der Waals surface area contributed by atoms with Crippen molar-refractivity contribution in [2.45, 2.75) is 26.7 Å². The van der Waals surface area contributed by atoms with E-state index >= 15 is 0 Å². The minimum Gasteiger partial charge on any atom is -0.369 e. The van der Waals surface area contributed by atoms with Gasteiger partial charge in [0.05, 0.1) is 6.54 Å². The van der Waals surface area contributed by atoms with E-state index in [9.17, 15) is 4.79 Å². The normalized spacial score (nSPS) is 19.8. The number of piperazine rings is 2. The molecular weight excluding hydrogens is 324 g/mol. The van der Waals surface area contributed by atoms with Crippen molar-refractivity contribution in [3.8, 4) is 0 Å². The number of hydrogen-bond acceptors (Lipinski definition) is 4. The molecule has 0 spiro atoms. The fraction of sp³-hybridized carbons (Fsp3) is 0.667. The number of amides is 1. The van der Waals surface area contributed by atoms with Gasteiger partial charge in [-0.2, -0.15) is 0 Å². The van der Waals surface area contributed by atoms with Crippen LogP contribution < -0.4 is 4.90 Å². The maximum atomic E-state index is 12.6. The Morgan fingerprint density at radius 2 is 1.50 bits per heavy atom. The SMILES string of the molecule is CCCCN1CCN(C(=O)CN2CCN(c3ccc(C)cc3)CC2)CC1. The monoisotopic (exact) mass is 358 g/mol. The maximum Gasteiger partial charge on any atom is 0.236 e. The Kier molecular flexibility index (Phi) is 6.92. The molecule has 2 fully saturated rings. The fourth-order valence-corrected chi connectivity index (χ4v) is 3.81. The molecule has 0 atom stereocenters. The molecule has 1 aromatic rings. The van der Waals surface area contributed by atoms with Crippen LogP contribution in [0.5, 0.6) is 0 Å². The Morgan fingerprint density at radius 1 is 0.885 bits per heavy atom. The van der Waals surface area contributed by atoms with E-state index < -0.39 is 0 Å². The predicted octanol–water partition coefficient (Wildman–Crippen LogP) is 2.06. The third kappa shape index (κ3) is 5.21. The quantitative estimate of drug-likeness (QED) is 0.779. The summed E-state index contributed by atoms with van der Waals surface area (Å²) in [4.78, 5) is 21.9. The highest BCUT2D eigenvalue weighted by Gasteiger charge is 2.24. The molecule has 2 aliphatic rings. The van der Waals surface area contributed by atoms with Crippen molar-refractivity contribution in [3.63, 3.8) is 0 Å². The zero-order chi connectivity index (χ0) is 18.4. The summed E-state index contributed by atoms with van der Waals surface area (Å²) in [6.45, 7) is 13.9. The highest BCUT2D eigenvalue weighted by molar-refractivity contribution is 5.78. The minimum atomic E-state index is 0.309. The van der Waals surface area contributed by atoms with Gasteiger partial charge in [-0.15, -0.1) is 0 Å². The zero-order valence-electron chi connectivity index (χ0n) is 16.5. The average Bonchev–Trinajstić information content (AvgIpc) is 2.68. The van der Waals surface area contributed by atoms with Gasteiger partial charge in [0.2, 0.25) is 5.91 Å². The molecule has 0 saturated carbocycles. The molecule has 2 aliphatic heterocycles. The first kappa shape index (κ1) is 19.2. The topological polar surface area (TPSA) is 30.0 Å². The second-order valence-corrected chi connectivity index (χ2v) is 7.67. The van der Waals surface area contributed by atoms with Crippen molar-refractivity contribution >= 4 is 11.6 Å². The first-order valence-electron chi connectivity index (χ1n) is 10.2. The van der Waals surface area contributed by atoms with Crippen molar-refractivity contribution in [2.24, 2.45) is 0 Å². The van der Waals surface area contributed by atoms with Gasteiger partial charge in [-0.1, -0.05) is 31.0 Å². The summed E-state index contributed by atoms with van der Waals surface area (Å²) < 4.78 is 0. The summed E-state index contributed by atoms with van der Waals surface area (Å²) in [6.07, 6.45) is 2.51. The molecule has 0 unspecified atom stereocenters. The lowest BCUT2D eigenvalue weighted by Crippen LogP contribution is -2.53. The Hall–Kier alpha value is -1.59. The van der Waals surface area contributed by atoms with Crippen LogP contribution in [0.2, 0.25) is 0 Å². The summed E-state index contributed by atoms with van der Waals surface area (Å²) in [6, 6.07) is 8.75. The molecule has 1 amide bonds. The van der Waals surface area contributed by atoms with E-state index in [0.29, 0.717) is 12.5 Å². The Balaban J connectivity index is 1.39. The number of nitrogens with zero attached hydrogens (tertiary/aromatic N) is 4. The Labute approximate surface area is 158 Å². The molecule has 0 aromatic heterocycles. The molecule has 0 radical (unpaired) electrons. The maximum absolute atomic E-state index is 12.6.